The maximum atomic E-state index is 12.9. The minimum atomic E-state index is -0.272. The van der Waals surface area contributed by atoms with Crippen LogP contribution >= 0.6 is 11.8 Å². The molecule has 0 aliphatic rings. The van der Waals surface area contributed by atoms with Gasteiger partial charge in [-0.1, -0.05) is 19.1 Å². The first kappa shape index (κ1) is 17.4. The Balaban J connectivity index is 2.07. The summed E-state index contributed by atoms with van der Waals surface area (Å²) in [7, 11) is 0. The van der Waals surface area contributed by atoms with E-state index in [1.807, 2.05) is 6.92 Å². The third-order valence-electron chi connectivity index (χ3n) is 3.35. The Bertz CT molecular complexity index is 645. The van der Waals surface area contributed by atoms with Crippen molar-refractivity contribution in [2.75, 3.05) is 6.61 Å². The second kappa shape index (κ2) is 8.64. The lowest BCUT2D eigenvalue weighted by Crippen LogP contribution is -2.37. The Kier molecular flexibility index (Phi) is 6.55. The van der Waals surface area contributed by atoms with E-state index in [-0.39, 0.29) is 24.4 Å². The Morgan fingerprint density at radius 1 is 1.35 bits per heavy atom. The summed E-state index contributed by atoms with van der Waals surface area (Å²) >= 11 is 1.42. The third kappa shape index (κ3) is 5.04. The molecule has 2 N–H and O–H groups in total. The van der Waals surface area contributed by atoms with Crippen LogP contribution in [-0.4, -0.2) is 28.6 Å². The highest BCUT2D eigenvalue weighted by Crippen LogP contribution is 2.24. The molecule has 1 amide bonds. The van der Waals surface area contributed by atoms with Crippen LogP contribution in [0.2, 0.25) is 0 Å². The number of aliphatic hydroxyl groups is 1. The van der Waals surface area contributed by atoms with Crippen molar-refractivity contribution in [3.8, 4) is 0 Å². The van der Waals surface area contributed by atoms with Gasteiger partial charge in [-0.15, -0.1) is 11.8 Å². The Labute approximate surface area is 139 Å². The Morgan fingerprint density at radius 3 is 2.74 bits per heavy atom. The number of benzene rings is 1. The molecule has 0 aliphatic heterocycles. The molecular weight excluding hydrogens is 315 g/mol. The van der Waals surface area contributed by atoms with E-state index in [9.17, 15) is 14.3 Å². The number of aromatic nitrogens is 1. The van der Waals surface area contributed by atoms with Crippen LogP contribution < -0.4 is 5.32 Å². The van der Waals surface area contributed by atoms with E-state index >= 15 is 0 Å². The van der Waals surface area contributed by atoms with Crippen molar-refractivity contribution in [2.24, 2.45) is 0 Å². The number of thioether (sulfide) groups is 1. The second-order valence-electron chi connectivity index (χ2n) is 5.03. The van der Waals surface area contributed by atoms with Gasteiger partial charge in [0.25, 0.3) is 5.91 Å². The van der Waals surface area contributed by atoms with Crippen LogP contribution in [0.25, 0.3) is 0 Å². The molecule has 23 heavy (non-hydrogen) atoms. The van der Waals surface area contributed by atoms with Crippen LogP contribution in [0.5, 0.6) is 0 Å². The van der Waals surface area contributed by atoms with Crippen molar-refractivity contribution < 1.29 is 14.3 Å². The number of nitrogens with zero attached hydrogens (tertiary/aromatic N) is 1. The highest BCUT2D eigenvalue weighted by atomic mass is 32.2. The summed E-state index contributed by atoms with van der Waals surface area (Å²) in [6.07, 6.45) is 2.29. The smallest absolute Gasteiger partial charge is 0.254 e. The molecule has 0 fully saturated rings. The molecule has 122 valence electrons. The van der Waals surface area contributed by atoms with E-state index in [4.69, 9.17) is 0 Å². The molecule has 1 aromatic carbocycles. The summed E-state index contributed by atoms with van der Waals surface area (Å²) in [5, 5.41) is 12.6. The fourth-order valence-corrected chi connectivity index (χ4v) is 2.90. The molecule has 0 aliphatic carbocycles. The maximum absolute atomic E-state index is 12.9. The van der Waals surface area contributed by atoms with E-state index in [0.717, 1.165) is 5.56 Å². The van der Waals surface area contributed by atoms with Crippen molar-refractivity contribution in [2.45, 2.75) is 30.2 Å². The average molecular weight is 334 g/mol. The molecule has 1 heterocycles. The fraction of sp³-hybridized carbons (Fsp3) is 0.294. The minimum Gasteiger partial charge on any atom is -0.394 e. The third-order valence-corrected chi connectivity index (χ3v) is 4.43. The highest BCUT2D eigenvalue weighted by Gasteiger charge is 2.16. The summed E-state index contributed by atoms with van der Waals surface area (Å²) in [6, 6.07) is 9.39. The van der Waals surface area contributed by atoms with Gasteiger partial charge in [0, 0.05) is 11.9 Å². The van der Waals surface area contributed by atoms with Gasteiger partial charge < -0.3 is 10.4 Å². The van der Waals surface area contributed by atoms with Gasteiger partial charge in [-0.2, -0.15) is 0 Å². The van der Waals surface area contributed by atoms with E-state index in [0.29, 0.717) is 22.8 Å². The van der Waals surface area contributed by atoms with Gasteiger partial charge in [0.2, 0.25) is 0 Å². The zero-order valence-electron chi connectivity index (χ0n) is 12.8. The number of halogens is 1. The van der Waals surface area contributed by atoms with Crippen molar-refractivity contribution in [1.29, 1.82) is 0 Å². The van der Waals surface area contributed by atoms with Gasteiger partial charge in [0.15, 0.2) is 0 Å². The molecule has 0 saturated heterocycles. The lowest BCUT2D eigenvalue weighted by Gasteiger charge is -2.15. The number of rotatable bonds is 7. The number of carbonyl (C=O) groups excluding carboxylic acids is 1. The first-order chi connectivity index (χ1) is 11.1. The lowest BCUT2D eigenvalue weighted by atomic mass is 10.2. The quantitative estimate of drug-likeness (QED) is 0.764. The second-order valence-corrected chi connectivity index (χ2v) is 6.00. The Hall–Kier alpha value is -1.92. The lowest BCUT2D eigenvalue weighted by molar-refractivity contribution is 0.0911. The van der Waals surface area contributed by atoms with Crippen LogP contribution in [0.1, 0.15) is 29.3 Å². The number of carbonyl (C=O) groups is 1. The number of hydrogen-bond acceptors (Lipinski definition) is 4. The van der Waals surface area contributed by atoms with Gasteiger partial charge in [0.1, 0.15) is 10.8 Å². The van der Waals surface area contributed by atoms with E-state index < -0.39 is 0 Å². The van der Waals surface area contributed by atoms with Crippen molar-refractivity contribution in [3.63, 3.8) is 0 Å². The van der Waals surface area contributed by atoms with Gasteiger partial charge in [-0.05, 0) is 36.2 Å². The number of pyridine rings is 1. The summed E-state index contributed by atoms with van der Waals surface area (Å²) in [4.78, 5) is 16.6. The van der Waals surface area contributed by atoms with Crippen LogP contribution in [0.15, 0.2) is 47.6 Å². The van der Waals surface area contributed by atoms with Gasteiger partial charge >= 0.3 is 0 Å². The van der Waals surface area contributed by atoms with E-state index in [1.54, 1.807) is 30.5 Å². The first-order valence-electron chi connectivity index (χ1n) is 7.38. The highest BCUT2D eigenvalue weighted by molar-refractivity contribution is 7.98. The number of nitrogens with one attached hydrogen (secondary N) is 1. The van der Waals surface area contributed by atoms with Gasteiger partial charge in [-0.3, -0.25) is 4.79 Å². The number of aliphatic hydroxyl groups excluding tert-OH is 1. The topological polar surface area (TPSA) is 62.2 Å². The van der Waals surface area contributed by atoms with Crippen LogP contribution in [0.3, 0.4) is 0 Å². The van der Waals surface area contributed by atoms with E-state index in [2.05, 4.69) is 10.3 Å². The molecule has 1 unspecified atom stereocenters. The fourth-order valence-electron chi connectivity index (χ4n) is 1.95. The summed E-state index contributed by atoms with van der Waals surface area (Å²) < 4.78 is 12.9. The zero-order valence-corrected chi connectivity index (χ0v) is 13.6. The Morgan fingerprint density at radius 2 is 2.09 bits per heavy atom. The maximum Gasteiger partial charge on any atom is 0.254 e. The monoisotopic (exact) mass is 334 g/mol. The van der Waals surface area contributed by atoms with Crippen molar-refractivity contribution in [1.82, 2.24) is 10.3 Å². The standard InChI is InChI=1S/C17H19FN2O2S/c1-2-14(10-21)20-16(22)15-4-3-9-19-17(15)23-11-12-5-7-13(18)8-6-12/h3-9,14,21H,2,10-11H2,1H3,(H,20,22). The summed E-state index contributed by atoms with van der Waals surface area (Å²) in [5.74, 6) is 0.0706. The van der Waals surface area contributed by atoms with Crippen molar-refractivity contribution >= 4 is 17.7 Å². The molecule has 6 heteroatoms. The number of amides is 1. The molecule has 0 radical (unpaired) electrons. The van der Waals surface area contributed by atoms with Gasteiger partial charge in [0.05, 0.1) is 18.2 Å². The van der Waals surface area contributed by atoms with Crippen LogP contribution in [0, 0.1) is 5.82 Å². The SMILES string of the molecule is CCC(CO)NC(=O)c1cccnc1SCc1ccc(F)cc1. The number of hydrogen-bond donors (Lipinski definition) is 2. The molecule has 2 aromatic rings. The summed E-state index contributed by atoms with van der Waals surface area (Å²) in [6.45, 7) is 1.80. The average Bonchev–Trinajstić information content (AvgIpc) is 2.59. The largest absolute Gasteiger partial charge is 0.394 e. The predicted molar refractivity (Wildman–Crippen MR) is 88.8 cm³/mol. The normalized spacial score (nSPS) is 12.0. The molecule has 0 saturated carbocycles. The zero-order chi connectivity index (χ0) is 16.7. The molecule has 0 spiro atoms. The molecule has 2 rings (SSSR count). The van der Waals surface area contributed by atoms with Crippen LogP contribution in [0.4, 0.5) is 4.39 Å². The van der Waals surface area contributed by atoms with E-state index in [1.165, 1.54) is 23.9 Å². The molecule has 4 nitrogen and oxygen atoms in total. The van der Waals surface area contributed by atoms with Crippen molar-refractivity contribution in [3.05, 3.63) is 59.5 Å². The molecule has 0 bridgehead atoms. The minimum absolute atomic E-state index is 0.0967. The molecular formula is C17H19FN2O2S. The molecule has 1 aromatic heterocycles. The summed E-state index contributed by atoms with van der Waals surface area (Å²) in [5.41, 5.74) is 1.43. The predicted octanol–water partition coefficient (Wildman–Crippen LogP) is 3.01. The first-order valence-corrected chi connectivity index (χ1v) is 8.36. The van der Waals surface area contributed by atoms with Gasteiger partial charge in [-0.25, -0.2) is 9.37 Å². The molecule has 1 atom stereocenters. The van der Waals surface area contributed by atoms with Crippen LogP contribution in [-0.2, 0) is 5.75 Å².